The molecule has 2 aromatic rings. The fourth-order valence-corrected chi connectivity index (χ4v) is 3.20. The van der Waals surface area contributed by atoms with Crippen LogP contribution in [-0.2, 0) is 11.0 Å². The van der Waals surface area contributed by atoms with Crippen molar-refractivity contribution in [3.05, 3.63) is 53.1 Å². The molecule has 136 valence electrons. The molecule has 0 saturated heterocycles. The molecular weight excluding hydrogens is 363 g/mol. The highest BCUT2D eigenvalue weighted by atomic mass is 35.5. The Morgan fingerprint density at radius 1 is 1.28 bits per heavy atom. The number of hydrogen-bond donors (Lipinski definition) is 1. The third-order valence-electron chi connectivity index (χ3n) is 3.54. The number of ether oxygens (including phenoxy) is 1. The predicted octanol–water partition coefficient (Wildman–Crippen LogP) is 5.17. The van der Waals surface area contributed by atoms with Gasteiger partial charge >= 0.3 is 0 Å². The first kappa shape index (κ1) is 19.8. The molecule has 0 saturated carbocycles. The molecule has 0 aliphatic heterocycles. The quantitative estimate of drug-likeness (QED) is 0.747. The highest BCUT2D eigenvalue weighted by Gasteiger charge is 2.26. The maximum atomic E-state index is 15.0. The molecule has 0 bridgehead atoms. The van der Waals surface area contributed by atoms with Crippen molar-refractivity contribution in [1.29, 1.82) is 0 Å². The number of nitrogens with one attached hydrogen (secondary N) is 1. The predicted molar refractivity (Wildman–Crippen MR) is 99.8 cm³/mol. The third-order valence-corrected chi connectivity index (χ3v) is 5.45. The summed E-state index contributed by atoms with van der Waals surface area (Å²) >= 11 is 6.12. The molecule has 0 spiro atoms. The topological polar surface area (TPSA) is 51.2 Å². The van der Waals surface area contributed by atoms with Crippen LogP contribution >= 0.6 is 11.6 Å². The number of benzene rings is 1. The zero-order valence-electron chi connectivity index (χ0n) is 14.7. The van der Waals surface area contributed by atoms with E-state index in [1.54, 1.807) is 36.7 Å². The van der Waals surface area contributed by atoms with Crippen LogP contribution in [0.25, 0.3) is 0 Å². The molecule has 0 aliphatic rings. The molecule has 0 unspecified atom stereocenters. The Kier molecular flexibility index (Phi) is 6.54. The highest BCUT2D eigenvalue weighted by Crippen LogP contribution is 2.36. The Hall–Kier alpha value is -1.50. The molecular formula is C18H22ClFN2O2S. The van der Waals surface area contributed by atoms with E-state index in [0.717, 1.165) is 0 Å². The Bertz CT molecular complexity index is 751. The monoisotopic (exact) mass is 384 g/mol. The second-order valence-corrected chi connectivity index (χ2v) is 8.93. The van der Waals surface area contributed by atoms with Crippen molar-refractivity contribution in [3.63, 3.8) is 0 Å². The zero-order valence-corrected chi connectivity index (χ0v) is 16.2. The maximum Gasteiger partial charge on any atom is 0.181 e. The lowest BCUT2D eigenvalue weighted by molar-refractivity contribution is 0.432. The van der Waals surface area contributed by atoms with Crippen LogP contribution in [-0.4, -0.2) is 13.9 Å². The van der Waals surface area contributed by atoms with Gasteiger partial charge in [-0.15, -0.1) is 0 Å². The van der Waals surface area contributed by atoms with Gasteiger partial charge in [-0.2, -0.15) is 0 Å². The van der Waals surface area contributed by atoms with Crippen LogP contribution in [0.3, 0.4) is 0 Å². The summed E-state index contributed by atoms with van der Waals surface area (Å²) in [6.07, 6.45) is 3.66. The lowest BCUT2D eigenvalue weighted by atomic mass is 10.0. The molecule has 7 heteroatoms. The lowest BCUT2D eigenvalue weighted by Crippen LogP contribution is -2.35. The normalized spacial score (nSPS) is 14.2. The highest BCUT2D eigenvalue weighted by molar-refractivity contribution is 7.84. The zero-order chi connectivity index (χ0) is 18.6. The number of aromatic nitrogens is 1. The van der Waals surface area contributed by atoms with Crippen molar-refractivity contribution in [2.24, 2.45) is 0 Å². The molecule has 1 heterocycles. The summed E-state index contributed by atoms with van der Waals surface area (Å²) in [6, 6.07) is 6.00. The van der Waals surface area contributed by atoms with Crippen molar-refractivity contribution in [2.75, 3.05) is 0 Å². The van der Waals surface area contributed by atoms with Gasteiger partial charge in [-0.05, 0) is 45.4 Å². The van der Waals surface area contributed by atoms with Gasteiger partial charge in [0.2, 0.25) is 0 Å². The molecule has 0 radical (unpaired) electrons. The van der Waals surface area contributed by atoms with E-state index in [9.17, 15) is 4.21 Å². The number of hydrogen-bond acceptors (Lipinski definition) is 3. The minimum atomic E-state index is -1.32. The van der Waals surface area contributed by atoms with Crippen LogP contribution in [0.15, 0.2) is 36.7 Å². The summed E-state index contributed by atoms with van der Waals surface area (Å²) in [7, 11) is -1.32. The van der Waals surface area contributed by atoms with Crippen LogP contribution in [0.5, 0.6) is 11.5 Å². The fourth-order valence-electron chi connectivity index (χ4n) is 2.11. The van der Waals surface area contributed by atoms with E-state index in [1.807, 2.05) is 27.7 Å². The maximum absolute atomic E-state index is 15.0. The summed E-state index contributed by atoms with van der Waals surface area (Å²) in [5, 5.41) is 0.171. The van der Waals surface area contributed by atoms with Gasteiger partial charge in [0.05, 0.1) is 20.8 Å². The standard InChI is InChI=1S/C18H22ClFN2O2S/c1-5-15(22-25(23)18(2,3)4)13-6-7-14(19)17(16(13)20)24-12-8-10-21-11-9-12/h6-11,15,22H,5H2,1-4H3/t15-,25-/m1/s1. The lowest BCUT2D eigenvalue weighted by Gasteiger charge is -2.24. The number of pyridine rings is 1. The molecule has 0 amide bonds. The van der Waals surface area contributed by atoms with E-state index in [4.69, 9.17) is 16.3 Å². The molecule has 1 aromatic heterocycles. The fraction of sp³-hybridized carbons (Fsp3) is 0.389. The molecule has 4 nitrogen and oxygen atoms in total. The van der Waals surface area contributed by atoms with Crippen LogP contribution < -0.4 is 9.46 Å². The first-order valence-electron chi connectivity index (χ1n) is 7.97. The number of rotatable bonds is 6. The Labute approximate surface area is 155 Å². The second kappa shape index (κ2) is 8.25. The molecule has 2 atom stereocenters. The van der Waals surface area contributed by atoms with Crippen molar-refractivity contribution in [3.8, 4) is 11.5 Å². The van der Waals surface area contributed by atoms with Crippen molar-refractivity contribution in [1.82, 2.24) is 9.71 Å². The van der Waals surface area contributed by atoms with Gasteiger partial charge in [0.15, 0.2) is 11.6 Å². The van der Waals surface area contributed by atoms with Gasteiger partial charge in [0, 0.05) is 24.0 Å². The van der Waals surface area contributed by atoms with Gasteiger partial charge in [-0.3, -0.25) is 4.98 Å². The summed E-state index contributed by atoms with van der Waals surface area (Å²) in [5.74, 6) is -0.172. The van der Waals surface area contributed by atoms with Gasteiger partial charge in [-0.1, -0.05) is 24.6 Å². The second-order valence-electron chi connectivity index (χ2n) is 6.52. The molecule has 0 aliphatic carbocycles. The van der Waals surface area contributed by atoms with Gasteiger partial charge in [0.1, 0.15) is 5.75 Å². The Morgan fingerprint density at radius 2 is 1.92 bits per heavy atom. The molecule has 1 aromatic carbocycles. The van der Waals surface area contributed by atoms with E-state index in [0.29, 0.717) is 17.7 Å². The largest absolute Gasteiger partial charge is 0.453 e. The first-order chi connectivity index (χ1) is 11.7. The molecule has 25 heavy (non-hydrogen) atoms. The third kappa shape index (κ3) is 5.00. The van der Waals surface area contributed by atoms with Crippen LogP contribution in [0.2, 0.25) is 5.02 Å². The summed E-state index contributed by atoms with van der Waals surface area (Å²) in [6.45, 7) is 7.48. The molecule has 2 rings (SSSR count). The smallest absolute Gasteiger partial charge is 0.181 e. The van der Waals surface area contributed by atoms with E-state index >= 15 is 4.39 Å². The minimum Gasteiger partial charge on any atom is -0.453 e. The van der Waals surface area contributed by atoms with Crippen LogP contribution in [0, 0.1) is 5.82 Å². The van der Waals surface area contributed by atoms with Crippen molar-refractivity contribution >= 4 is 22.6 Å². The van der Waals surface area contributed by atoms with Crippen LogP contribution in [0.4, 0.5) is 4.39 Å². The van der Waals surface area contributed by atoms with Crippen LogP contribution in [0.1, 0.15) is 45.7 Å². The average molecular weight is 385 g/mol. The van der Waals surface area contributed by atoms with Gasteiger partial charge < -0.3 is 4.74 Å². The first-order valence-corrected chi connectivity index (χ1v) is 9.50. The SMILES string of the molecule is CC[C@@H](N[S@](=O)C(C)(C)C)c1ccc(Cl)c(Oc2ccncc2)c1F. The van der Waals surface area contributed by atoms with Gasteiger partial charge in [-0.25, -0.2) is 13.3 Å². The average Bonchev–Trinajstić information content (AvgIpc) is 2.57. The summed E-state index contributed by atoms with van der Waals surface area (Å²) in [4.78, 5) is 3.90. The Morgan fingerprint density at radius 3 is 2.48 bits per heavy atom. The van der Waals surface area contributed by atoms with Crippen molar-refractivity contribution < 1.29 is 13.3 Å². The van der Waals surface area contributed by atoms with E-state index in [-0.39, 0.29) is 10.8 Å². The Balaban J connectivity index is 2.35. The minimum absolute atomic E-state index is 0.0489. The van der Waals surface area contributed by atoms with E-state index in [1.165, 1.54) is 0 Å². The van der Waals surface area contributed by atoms with E-state index < -0.39 is 27.6 Å². The molecule has 1 N–H and O–H groups in total. The summed E-state index contributed by atoms with van der Waals surface area (Å²) in [5.41, 5.74) is 0.369. The van der Waals surface area contributed by atoms with E-state index in [2.05, 4.69) is 9.71 Å². The van der Waals surface area contributed by atoms with Crippen molar-refractivity contribution in [2.45, 2.75) is 44.9 Å². The van der Waals surface area contributed by atoms with Gasteiger partial charge in [0.25, 0.3) is 0 Å². The molecule has 0 fully saturated rings. The number of nitrogens with zero attached hydrogens (tertiary/aromatic N) is 1. The number of halogens is 2. The summed E-state index contributed by atoms with van der Waals surface area (Å²) < 4.78 is 35.6.